The third kappa shape index (κ3) is 5.66. The van der Waals surface area contributed by atoms with Crippen LogP contribution in [0.2, 0.25) is 0 Å². The summed E-state index contributed by atoms with van der Waals surface area (Å²) in [6, 6.07) is 0. The molecule has 17 atom stereocenters. The van der Waals surface area contributed by atoms with Crippen molar-refractivity contribution in [2.75, 3.05) is 0 Å². The molecule has 0 aromatic rings. The molecule has 9 fully saturated rings. The number of fused-ring (bicyclic) bond motifs is 20. The van der Waals surface area contributed by atoms with E-state index in [2.05, 4.69) is 63.3 Å². The van der Waals surface area contributed by atoms with Crippen LogP contribution >= 0.6 is 0 Å². The summed E-state index contributed by atoms with van der Waals surface area (Å²) in [4.78, 5) is 0. The van der Waals surface area contributed by atoms with Gasteiger partial charge in [0.25, 0.3) is 0 Å². The van der Waals surface area contributed by atoms with Gasteiger partial charge in [0.05, 0.1) is 61.0 Å². The third-order valence-electron chi connectivity index (χ3n) is 14.3. The summed E-state index contributed by atoms with van der Waals surface area (Å²) in [5, 5.41) is 34.0. The molecule has 17 unspecified atom stereocenters. The average molecular weight is 625 g/mol. The molecule has 5 aliphatic heterocycles. The summed E-state index contributed by atoms with van der Waals surface area (Å²) in [5.74, 6) is 5.27. The minimum absolute atomic E-state index is 0.128. The van der Waals surface area contributed by atoms with Gasteiger partial charge in [-0.1, -0.05) is 44.9 Å². The molecule has 4 aliphatic carbocycles. The molecule has 9 aliphatic rings. The smallest absolute Gasteiger partial charge is 0.0653 e. The molecule has 5 heterocycles. The Balaban J connectivity index is 1.06. The molecule has 5 saturated heterocycles. The lowest BCUT2D eigenvalue weighted by molar-refractivity contribution is -0.113. The summed E-state index contributed by atoms with van der Waals surface area (Å²) < 4.78 is 6.91. The predicted octanol–water partition coefficient (Wildman–Crippen LogP) is 3.40. The molecule has 9 nitrogen and oxygen atoms in total. The van der Waals surface area contributed by atoms with E-state index in [0.717, 1.165) is 11.8 Å². The summed E-state index contributed by atoms with van der Waals surface area (Å²) in [7, 11) is 0. The monoisotopic (exact) mass is 625 g/mol. The topological polar surface area (TPSA) is 105 Å². The highest BCUT2D eigenvalue weighted by Crippen LogP contribution is 2.46. The van der Waals surface area contributed by atoms with Gasteiger partial charge in [-0.3, -0.25) is 42.5 Å². The van der Waals surface area contributed by atoms with E-state index in [4.69, 9.17) is 4.74 Å². The summed E-state index contributed by atoms with van der Waals surface area (Å²) in [6.07, 6.45) is 23.1. The zero-order valence-electron chi connectivity index (χ0n) is 28.3. The largest absolute Gasteiger partial charge is 0.372 e. The van der Waals surface area contributed by atoms with Gasteiger partial charge >= 0.3 is 0 Å². The van der Waals surface area contributed by atoms with Crippen molar-refractivity contribution in [1.29, 1.82) is 0 Å². The lowest BCUT2D eigenvalue weighted by Gasteiger charge is -2.41. The number of ether oxygens (including phenoxy) is 1. The van der Waals surface area contributed by atoms with Crippen molar-refractivity contribution in [1.82, 2.24) is 42.5 Å². The molecule has 0 amide bonds. The predicted molar refractivity (Wildman–Crippen MR) is 177 cm³/mol. The van der Waals surface area contributed by atoms with Crippen molar-refractivity contribution in [3.8, 4) is 0 Å². The minimum Gasteiger partial charge on any atom is -0.372 e. The fraction of sp³-hybridized carbons (Fsp3) is 1.00. The standard InChI is InChI=1S/C36H64N8O/c1-36(2,3)45-26-18-10-17-25-27(26)35-43-33-24-16-9-8-15-23(24)31(41-33)39-29-20-12-5-4-11-19(20)28(37-29)38-30-21-13-6-7-14-22(21)32(40-30)42-34(25)44-35/h19-35,37-44H,4-18H2,1-3H3. The lowest BCUT2D eigenvalue weighted by atomic mass is 9.75. The molecule has 9 heteroatoms. The second-order valence-electron chi connectivity index (χ2n) is 17.9. The second-order valence-corrected chi connectivity index (χ2v) is 17.9. The highest BCUT2D eigenvalue weighted by atomic mass is 16.5. The third-order valence-corrected chi connectivity index (χ3v) is 14.3. The second kappa shape index (κ2) is 12.2. The van der Waals surface area contributed by atoms with Crippen molar-refractivity contribution >= 4 is 0 Å². The van der Waals surface area contributed by atoms with E-state index in [1.54, 1.807) is 0 Å². The molecule has 0 aromatic carbocycles. The van der Waals surface area contributed by atoms with E-state index in [1.165, 1.54) is 96.3 Å². The fourth-order valence-corrected chi connectivity index (χ4v) is 12.6. The maximum Gasteiger partial charge on any atom is 0.0653 e. The van der Waals surface area contributed by atoms with Gasteiger partial charge in [-0.05, 0) is 114 Å². The van der Waals surface area contributed by atoms with Gasteiger partial charge in [-0.15, -0.1) is 0 Å². The van der Waals surface area contributed by atoms with Gasteiger partial charge in [-0.2, -0.15) is 0 Å². The van der Waals surface area contributed by atoms with Crippen LogP contribution in [0, 0.1) is 47.3 Å². The molecule has 254 valence electrons. The summed E-state index contributed by atoms with van der Waals surface area (Å²) in [5.41, 5.74) is -0.128. The van der Waals surface area contributed by atoms with Crippen molar-refractivity contribution in [2.24, 2.45) is 47.3 Å². The van der Waals surface area contributed by atoms with E-state index in [9.17, 15) is 0 Å². The van der Waals surface area contributed by atoms with E-state index < -0.39 is 0 Å². The fourth-order valence-electron chi connectivity index (χ4n) is 12.6. The van der Waals surface area contributed by atoms with Crippen molar-refractivity contribution in [2.45, 2.75) is 178 Å². The first-order valence-electron chi connectivity index (χ1n) is 19.7. The van der Waals surface area contributed by atoms with E-state index >= 15 is 0 Å². The first-order chi connectivity index (χ1) is 21.9. The SMILES string of the molecule is CC(C)(C)OC1CCCC2C3NC4NC(NC5NC(NC6NC(NC(N3)C12)C1CCCCC61)C1CCCCC51)C1CCCCC41. The Labute approximate surface area is 272 Å². The number of rotatable bonds is 1. The first kappa shape index (κ1) is 30.7. The van der Waals surface area contributed by atoms with Crippen LogP contribution in [-0.2, 0) is 4.74 Å². The molecule has 0 spiro atoms. The van der Waals surface area contributed by atoms with E-state index in [-0.39, 0.29) is 17.9 Å². The van der Waals surface area contributed by atoms with Crippen molar-refractivity contribution < 1.29 is 4.74 Å². The zero-order valence-corrected chi connectivity index (χ0v) is 28.3. The Morgan fingerprint density at radius 3 is 0.978 bits per heavy atom. The Morgan fingerprint density at radius 2 is 0.644 bits per heavy atom. The van der Waals surface area contributed by atoms with Crippen molar-refractivity contribution in [3.05, 3.63) is 0 Å². The van der Waals surface area contributed by atoms with Crippen LogP contribution in [0.3, 0.4) is 0 Å². The van der Waals surface area contributed by atoms with Crippen LogP contribution in [0.4, 0.5) is 0 Å². The Hall–Kier alpha value is -0.360. The molecule has 9 rings (SSSR count). The number of hydrogen-bond acceptors (Lipinski definition) is 9. The molecule has 45 heavy (non-hydrogen) atoms. The molecule has 8 bridgehead atoms. The van der Waals surface area contributed by atoms with Crippen LogP contribution in [0.25, 0.3) is 0 Å². The van der Waals surface area contributed by atoms with Gasteiger partial charge in [0.1, 0.15) is 0 Å². The number of nitrogens with one attached hydrogen (secondary N) is 8. The normalized spacial score (nSPS) is 54.6. The minimum atomic E-state index is -0.128. The van der Waals surface area contributed by atoms with Gasteiger partial charge in [0.15, 0.2) is 0 Å². The quantitative estimate of drug-likeness (QED) is 0.223. The highest BCUT2D eigenvalue weighted by Gasteiger charge is 2.56. The van der Waals surface area contributed by atoms with Crippen LogP contribution in [-0.4, -0.2) is 61.0 Å². The first-order valence-corrected chi connectivity index (χ1v) is 19.7. The Kier molecular flexibility index (Phi) is 8.32. The Morgan fingerprint density at radius 1 is 0.356 bits per heavy atom. The molecular weight excluding hydrogens is 560 g/mol. The highest BCUT2D eigenvalue weighted by molar-refractivity contribution is 5.09. The van der Waals surface area contributed by atoms with Gasteiger partial charge in [0, 0.05) is 5.92 Å². The van der Waals surface area contributed by atoms with Gasteiger partial charge < -0.3 is 4.74 Å². The maximum atomic E-state index is 6.91. The summed E-state index contributed by atoms with van der Waals surface area (Å²) >= 11 is 0. The Bertz CT molecular complexity index is 1050. The van der Waals surface area contributed by atoms with Crippen LogP contribution in [0.5, 0.6) is 0 Å². The number of hydrogen-bond donors (Lipinski definition) is 8. The van der Waals surface area contributed by atoms with Crippen LogP contribution in [0.15, 0.2) is 0 Å². The zero-order chi connectivity index (χ0) is 30.3. The molecular formula is C36H64N8O. The summed E-state index contributed by atoms with van der Waals surface area (Å²) in [6.45, 7) is 6.74. The van der Waals surface area contributed by atoms with E-state index in [0.29, 0.717) is 78.7 Å². The van der Waals surface area contributed by atoms with Crippen LogP contribution < -0.4 is 42.5 Å². The van der Waals surface area contributed by atoms with E-state index in [1.807, 2.05) is 0 Å². The molecule has 0 aromatic heterocycles. The molecule has 0 radical (unpaired) electrons. The molecule has 8 N–H and O–H groups in total. The molecule has 4 saturated carbocycles. The van der Waals surface area contributed by atoms with Crippen molar-refractivity contribution in [3.63, 3.8) is 0 Å². The van der Waals surface area contributed by atoms with Gasteiger partial charge in [-0.25, -0.2) is 0 Å². The lowest BCUT2D eigenvalue weighted by Crippen LogP contribution is -2.62. The maximum absolute atomic E-state index is 6.91. The van der Waals surface area contributed by atoms with Crippen LogP contribution in [0.1, 0.15) is 117 Å². The van der Waals surface area contributed by atoms with Gasteiger partial charge in [0.2, 0.25) is 0 Å². The average Bonchev–Trinajstić information content (AvgIpc) is 3.76.